The van der Waals surface area contributed by atoms with Crippen molar-refractivity contribution in [2.45, 2.75) is 81.2 Å². The lowest BCUT2D eigenvalue weighted by atomic mass is 9.73. The summed E-state index contributed by atoms with van der Waals surface area (Å²) < 4.78 is 12.9. The zero-order valence-electron chi connectivity index (χ0n) is 24.7. The van der Waals surface area contributed by atoms with Gasteiger partial charge in [-0.1, -0.05) is 77.7 Å². The molecule has 44 heavy (non-hydrogen) atoms. The molecule has 0 unspecified atom stereocenters. The molecule has 3 amide bonds. The lowest BCUT2D eigenvalue weighted by Crippen LogP contribution is -2.58. The fourth-order valence-electron chi connectivity index (χ4n) is 7.68. The highest BCUT2D eigenvalue weighted by Crippen LogP contribution is 2.58. The van der Waals surface area contributed by atoms with E-state index >= 15 is 0 Å². The number of halogens is 1. The number of carbonyl (C=O) groups is 4. The molecule has 1 aromatic rings. The molecule has 6 rings (SSSR count). The summed E-state index contributed by atoms with van der Waals surface area (Å²) >= 11 is 3.61. The van der Waals surface area contributed by atoms with E-state index in [0.29, 0.717) is 23.9 Å². The van der Waals surface area contributed by atoms with E-state index in [1.807, 2.05) is 53.5 Å². The summed E-state index contributed by atoms with van der Waals surface area (Å²) in [4.78, 5) is 59.3. The van der Waals surface area contributed by atoms with Crippen LogP contribution in [0.3, 0.4) is 0 Å². The van der Waals surface area contributed by atoms with Gasteiger partial charge >= 0.3 is 5.97 Å². The number of rotatable bonds is 5. The molecule has 1 aliphatic carbocycles. The second-order valence-corrected chi connectivity index (χ2v) is 13.3. The Balaban J connectivity index is 1.42. The summed E-state index contributed by atoms with van der Waals surface area (Å²) in [7, 11) is 0. The Morgan fingerprint density at radius 1 is 1.02 bits per heavy atom. The number of aliphatic hydroxyl groups excluding tert-OH is 1. The molecule has 236 valence electrons. The molecule has 5 aliphatic rings. The molecule has 0 aromatic heterocycles. The summed E-state index contributed by atoms with van der Waals surface area (Å²) in [5.74, 6) is -3.14. The van der Waals surface area contributed by atoms with E-state index < -0.39 is 41.5 Å². The minimum Gasteiger partial charge on any atom is -0.463 e. The zero-order chi connectivity index (χ0) is 30.8. The third-order valence-electron chi connectivity index (χ3n) is 9.73. The first-order valence-electron chi connectivity index (χ1n) is 15.8. The van der Waals surface area contributed by atoms with E-state index in [9.17, 15) is 24.3 Å². The molecular formula is C33H40BrN3O7. The number of hydrogen-bond donors (Lipinski definition) is 2. The van der Waals surface area contributed by atoms with E-state index in [1.165, 1.54) is 0 Å². The highest BCUT2D eigenvalue weighted by atomic mass is 79.9. The van der Waals surface area contributed by atoms with Crippen molar-refractivity contribution < 1.29 is 33.8 Å². The molecule has 2 N–H and O–H groups in total. The van der Waals surface area contributed by atoms with Gasteiger partial charge in [0.25, 0.3) is 0 Å². The fraction of sp³-hybridized carbons (Fsp3) is 0.576. The number of allylic oxidation sites excluding steroid dienone is 1. The van der Waals surface area contributed by atoms with Crippen LogP contribution in [0.25, 0.3) is 0 Å². The minimum absolute atomic E-state index is 0.00921. The van der Waals surface area contributed by atoms with Crippen LogP contribution in [0.4, 0.5) is 0 Å². The van der Waals surface area contributed by atoms with Crippen molar-refractivity contribution in [3.8, 4) is 0 Å². The van der Waals surface area contributed by atoms with Gasteiger partial charge in [0.15, 0.2) is 0 Å². The molecule has 10 nitrogen and oxygen atoms in total. The van der Waals surface area contributed by atoms with Crippen LogP contribution >= 0.6 is 15.9 Å². The van der Waals surface area contributed by atoms with Gasteiger partial charge in [-0.25, -0.2) is 0 Å². The second kappa shape index (κ2) is 13.1. The number of nitrogens with zero attached hydrogens (tertiary/aromatic N) is 2. The number of benzene rings is 1. The van der Waals surface area contributed by atoms with E-state index in [0.717, 1.165) is 37.7 Å². The van der Waals surface area contributed by atoms with Crippen LogP contribution in [0.1, 0.15) is 63.0 Å². The summed E-state index contributed by atoms with van der Waals surface area (Å²) in [5.41, 5.74) is -0.563. The maximum atomic E-state index is 14.8. The first kappa shape index (κ1) is 31.0. The number of amides is 3. The number of cyclic esters (lactones) is 1. The minimum atomic E-state index is -1.32. The van der Waals surface area contributed by atoms with Crippen LogP contribution in [-0.2, 0) is 28.7 Å². The molecule has 1 aromatic carbocycles. The molecular weight excluding hydrogens is 630 g/mol. The third kappa shape index (κ3) is 5.63. The van der Waals surface area contributed by atoms with Crippen LogP contribution in [0, 0.1) is 11.8 Å². The molecule has 1 spiro atoms. The number of carbonyl (C=O) groups excluding carboxylic acids is 4. The molecule has 1 saturated carbocycles. The predicted molar refractivity (Wildman–Crippen MR) is 164 cm³/mol. The second-order valence-electron chi connectivity index (χ2n) is 12.4. The zero-order valence-corrected chi connectivity index (χ0v) is 26.3. The quantitative estimate of drug-likeness (QED) is 0.365. The van der Waals surface area contributed by atoms with Crippen molar-refractivity contribution in [1.29, 1.82) is 0 Å². The van der Waals surface area contributed by atoms with Crippen molar-refractivity contribution >= 4 is 39.6 Å². The van der Waals surface area contributed by atoms with Gasteiger partial charge in [-0.05, 0) is 37.3 Å². The Morgan fingerprint density at radius 2 is 1.80 bits per heavy atom. The maximum Gasteiger partial charge on any atom is 0.306 e. The monoisotopic (exact) mass is 669 g/mol. The molecule has 6 atom stereocenters. The number of aliphatic hydroxyl groups is 1. The van der Waals surface area contributed by atoms with Gasteiger partial charge in [-0.2, -0.15) is 0 Å². The lowest BCUT2D eigenvalue weighted by Gasteiger charge is -2.40. The normalized spacial score (nSPS) is 34.0. The standard InChI is InChI=1S/C33H40BrN3O7/c34-23-19-33-27-26(28(23)44-33)30(40)35-24(21-11-4-1-5-12-21)20-43-25(39)15-8-3-9-16-36(22-13-6-2-7-14-22)32(42)29(33)37(31(27)41)17-10-18-38/h1,3-5,9,11-12,19,22,24,26-29,38H,2,6-8,10,13-18,20H2,(H,35,40)/b9-3-/t24-,26-,27+,28-,29-,33+/m1/s1. The summed E-state index contributed by atoms with van der Waals surface area (Å²) in [6.07, 6.45) is 10.7. The number of fused-ring (bicyclic) bond motifs is 2. The van der Waals surface area contributed by atoms with E-state index in [4.69, 9.17) is 9.47 Å². The van der Waals surface area contributed by atoms with Crippen molar-refractivity contribution in [3.63, 3.8) is 0 Å². The van der Waals surface area contributed by atoms with E-state index in [-0.39, 0.29) is 50.0 Å². The SMILES string of the molecule is O=C1CC/C=C\CN(C2CCCCC2)C(=O)[C@H]2N(CCCO)C(=O)[C@@H]3[C@@H](C(=O)N[C@@H](c4ccccc4)CO1)[C@@H]1O[C@@]32C=C1Br. The molecule has 3 fully saturated rings. The number of esters is 1. The summed E-state index contributed by atoms with van der Waals surface area (Å²) in [6, 6.07) is 7.66. The van der Waals surface area contributed by atoms with E-state index in [1.54, 1.807) is 4.90 Å². The predicted octanol–water partition coefficient (Wildman–Crippen LogP) is 3.15. The highest BCUT2D eigenvalue weighted by Gasteiger charge is 2.74. The van der Waals surface area contributed by atoms with Gasteiger partial charge in [0.05, 0.1) is 17.9 Å². The van der Waals surface area contributed by atoms with Crippen LogP contribution < -0.4 is 5.32 Å². The van der Waals surface area contributed by atoms with Crippen molar-refractivity contribution in [1.82, 2.24) is 15.1 Å². The Bertz CT molecular complexity index is 1330. The number of hydrogen-bond acceptors (Lipinski definition) is 7. The maximum absolute atomic E-state index is 14.8. The lowest BCUT2D eigenvalue weighted by molar-refractivity contribution is -0.149. The van der Waals surface area contributed by atoms with Crippen LogP contribution in [0.15, 0.2) is 53.0 Å². The Labute approximate surface area is 265 Å². The molecule has 4 aliphatic heterocycles. The van der Waals surface area contributed by atoms with Crippen molar-refractivity contribution in [2.75, 3.05) is 26.3 Å². The third-order valence-corrected chi connectivity index (χ3v) is 10.4. The average Bonchev–Trinajstić information content (AvgIpc) is 3.63. The first-order valence-corrected chi connectivity index (χ1v) is 16.6. The van der Waals surface area contributed by atoms with Gasteiger partial charge in [0.1, 0.15) is 24.4 Å². The van der Waals surface area contributed by atoms with E-state index in [2.05, 4.69) is 21.2 Å². The van der Waals surface area contributed by atoms with Gasteiger partial charge in [0, 0.05) is 36.6 Å². The largest absolute Gasteiger partial charge is 0.463 e. The van der Waals surface area contributed by atoms with Gasteiger partial charge in [-0.3, -0.25) is 19.2 Å². The Kier molecular flexibility index (Phi) is 9.26. The Morgan fingerprint density at radius 3 is 2.55 bits per heavy atom. The average molecular weight is 671 g/mol. The van der Waals surface area contributed by atoms with Crippen LogP contribution in [0.5, 0.6) is 0 Å². The fourth-order valence-corrected chi connectivity index (χ4v) is 8.41. The van der Waals surface area contributed by atoms with Gasteiger partial charge in [0.2, 0.25) is 17.7 Å². The highest BCUT2D eigenvalue weighted by molar-refractivity contribution is 9.11. The topological polar surface area (TPSA) is 125 Å². The molecule has 0 radical (unpaired) electrons. The smallest absolute Gasteiger partial charge is 0.306 e. The van der Waals surface area contributed by atoms with Gasteiger partial charge in [-0.15, -0.1) is 0 Å². The first-order chi connectivity index (χ1) is 21.4. The molecule has 2 saturated heterocycles. The van der Waals surface area contributed by atoms with Crippen LogP contribution in [-0.4, -0.2) is 88.7 Å². The van der Waals surface area contributed by atoms with Crippen molar-refractivity contribution in [2.24, 2.45) is 11.8 Å². The molecule has 4 heterocycles. The van der Waals surface area contributed by atoms with Crippen LogP contribution in [0.2, 0.25) is 0 Å². The summed E-state index contributed by atoms with van der Waals surface area (Å²) in [5, 5.41) is 12.7. The summed E-state index contributed by atoms with van der Waals surface area (Å²) in [6.45, 7) is 0.319. The van der Waals surface area contributed by atoms with Gasteiger partial charge < -0.3 is 29.7 Å². The Hall–Kier alpha value is -3.02. The number of likely N-dealkylation sites (tertiary alicyclic amines) is 1. The molecule has 11 heteroatoms. The number of nitrogens with one attached hydrogen (secondary N) is 1. The molecule has 5 bridgehead atoms. The number of ether oxygens (including phenoxy) is 2. The van der Waals surface area contributed by atoms with Crippen molar-refractivity contribution in [3.05, 3.63) is 58.6 Å².